The van der Waals surface area contributed by atoms with E-state index in [-0.39, 0.29) is 24.4 Å². The van der Waals surface area contributed by atoms with Gasteiger partial charge in [0, 0.05) is 29.1 Å². The van der Waals surface area contributed by atoms with Crippen LogP contribution in [0.1, 0.15) is 41.1 Å². The molecule has 0 bridgehead atoms. The second kappa shape index (κ2) is 14.4. The molecule has 0 saturated carbocycles. The average Bonchev–Trinajstić information content (AvgIpc) is 3.49. The molecule has 39 heavy (non-hydrogen) atoms. The number of carbonyl (C=O) groups is 2. The van der Waals surface area contributed by atoms with Gasteiger partial charge >= 0.3 is 0 Å². The Kier molecular flexibility index (Phi) is 11.0. The molecule has 9 heteroatoms. The molecule has 0 aliphatic heterocycles. The highest BCUT2D eigenvalue weighted by molar-refractivity contribution is 7.09. The summed E-state index contributed by atoms with van der Waals surface area (Å²) in [6.45, 7) is 4.88. The summed E-state index contributed by atoms with van der Waals surface area (Å²) >= 11 is 1.60. The first-order valence-corrected chi connectivity index (χ1v) is 13.8. The van der Waals surface area contributed by atoms with Crippen LogP contribution in [0.3, 0.4) is 0 Å². The minimum absolute atomic E-state index is 0.0370. The summed E-state index contributed by atoms with van der Waals surface area (Å²) in [6.07, 6.45) is 1.33. The third kappa shape index (κ3) is 7.89. The van der Waals surface area contributed by atoms with E-state index >= 15 is 0 Å². The van der Waals surface area contributed by atoms with Crippen molar-refractivity contribution in [1.82, 2.24) is 9.80 Å². The molecule has 1 atom stereocenters. The molecule has 3 aromatic rings. The maximum atomic E-state index is 13.8. The van der Waals surface area contributed by atoms with Crippen LogP contribution >= 0.6 is 11.3 Å². The Hall–Kier alpha value is -3.72. The highest BCUT2D eigenvalue weighted by Gasteiger charge is 2.27. The van der Waals surface area contributed by atoms with E-state index in [1.165, 1.54) is 0 Å². The first-order valence-electron chi connectivity index (χ1n) is 12.9. The van der Waals surface area contributed by atoms with Gasteiger partial charge in [0.25, 0.3) is 5.91 Å². The Bertz CT molecular complexity index is 1210. The van der Waals surface area contributed by atoms with Gasteiger partial charge in [-0.25, -0.2) is 0 Å². The largest absolute Gasteiger partial charge is 0.497 e. The molecule has 0 N–H and O–H groups in total. The second-order valence-corrected chi connectivity index (χ2v) is 10.2. The van der Waals surface area contributed by atoms with Crippen LogP contribution in [0.15, 0.2) is 53.9 Å². The van der Waals surface area contributed by atoms with Crippen LogP contribution in [0.4, 0.5) is 0 Å². The smallest absolute Gasteiger partial charge is 0.254 e. The summed E-state index contributed by atoms with van der Waals surface area (Å²) in [5, 5.41) is 2.00. The molecule has 210 valence electrons. The van der Waals surface area contributed by atoms with Crippen molar-refractivity contribution in [2.45, 2.75) is 39.3 Å². The zero-order chi connectivity index (χ0) is 28.4. The minimum Gasteiger partial charge on any atom is -0.497 e. The molecule has 0 aliphatic carbocycles. The quantitative estimate of drug-likeness (QED) is 0.269. The van der Waals surface area contributed by atoms with E-state index in [1.807, 2.05) is 54.5 Å². The molecule has 3 rings (SSSR count). The van der Waals surface area contributed by atoms with Crippen LogP contribution in [-0.2, 0) is 17.8 Å². The van der Waals surface area contributed by atoms with E-state index in [0.717, 1.165) is 10.4 Å². The lowest BCUT2D eigenvalue weighted by molar-refractivity contribution is -0.132. The monoisotopic (exact) mass is 554 g/mol. The van der Waals surface area contributed by atoms with E-state index in [1.54, 1.807) is 62.9 Å². The van der Waals surface area contributed by atoms with Gasteiger partial charge in [-0.3, -0.25) is 9.59 Å². The number of hydrogen-bond donors (Lipinski definition) is 0. The fourth-order valence-electron chi connectivity index (χ4n) is 4.17. The van der Waals surface area contributed by atoms with Crippen molar-refractivity contribution in [3.05, 3.63) is 69.9 Å². The van der Waals surface area contributed by atoms with Crippen LogP contribution in [-0.4, -0.2) is 69.2 Å². The van der Waals surface area contributed by atoms with Crippen LogP contribution < -0.4 is 18.9 Å². The van der Waals surface area contributed by atoms with Crippen molar-refractivity contribution in [3.63, 3.8) is 0 Å². The van der Waals surface area contributed by atoms with Crippen molar-refractivity contribution in [2.75, 3.05) is 41.5 Å². The van der Waals surface area contributed by atoms with E-state index in [4.69, 9.17) is 18.9 Å². The summed E-state index contributed by atoms with van der Waals surface area (Å²) in [5.74, 6) is 1.97. The first-order chi connectivity index (χ1) is 18.8. The number of benzene rings is 2. The zero-order valence-corrected chi connectivity index (χ0v) is 24.4. The Balaban J connectivity index is 1.84. The third-order valence-electron chi connectivity index (χ3n) is 6.69. The van der Waals surface area contributed by atoms with Gasteiger partial charge in [-0.05, 0) is 61.0 Å². The lowest BCUT2D eigenvalue weighted by Gasteiger charge is -2.31. The number of methoxy groups -OCH3 is 4. The molecule has 2 aromatic carbocycles. The predicted molar refractivity (Wildman–Crippen MR) is 153 cm³/mol. The molecule has 1 unspecified atom stereocenters. The van der Waals surface area contributed by atoms with Gasteiger partial charge in [-0.1, -0.05) is 19.1 Å². The molecule has 0 radical (unpaired) electrons. The van der Waals surface area contributed by atoms with Gasteiger partial charge in [-0.2, -0.15) is 0 Å². The summed E-state index contributed by atoms with van der Waals surface area (Å²) in [4.78, 5) is 32.0. The number of nitrogens with zero attached hydrogens (tertiary/aromatic N) is 2. The van der Waals surface area contributed by atoms with E-state index in [9.17, 15) is 9.59 Å². The molecule has 0 saturated heterocycles. The predicted octanol–water partition coefficient (Wildman–Crippen LogP) is 5.29. The topological polar surface area (TPSA) is 77.5 Å². The van der Waals surface area contributed by atoms with Crippen molar-refractivity contribution in [3.8, 4) is 23.0 Å². The lowest BCUT2D eigenvalue weighted by Crippen LogP contribution is -2.46. The number of hydrogen-bond acceptors (Lipinski definition) is 7. The molecular weight excluding hydrogens is 516 g/mol. The van der Waals surface area contributed by atoms with Crippen LogP contribution in [0.25, 0.3) is 0 Å². The third-order valence-corrected chi connectivity index (χ3v) is 7.55. The molecule has 0 spiro atoms. The standard InChI is InChI=1S/C30H38N2O6S/c1-7-21(2)32(30(34)23-16-24(35-3)18-25(17-23)36-4)20-29(33)31(19-26-9-8-14-39-26)13-12-22-10-11-27(37-5)28(15-22)38-6/h8-11,14-18,21H,7,12-13,19-20H2,1-6H3. The van der Waals surface area contributed by atoms with Gasteiger partial charge in [0.05, 0.1) is 35.0 Å². The first kappa shape index (κ1) is 29.8. The van der Waals surface area contributed by atoms with Crippen molar-refractivity contribution in [2.24, 2.45) is 0 Å². The number of ether oxygens (including phenoxy) is 4. The SMILES string of the molecule is CCC(C)N(CC(=O)N(CCc1ccc(OC)c(OC)c1)Cc1cccs1)C(=O)c1cc(OC)cc(OC)c1. The molecular formula is C30H38N2O6S. The van der Waals surface area contributed by atoms with E-state index in [0.29, 0.717) is 54.5 Å². The van der Waals surface area contributed by atoms with Gasteiger partial charge < -0.3 is 28.7 Å². The summed E-state index contributed by atoms with van der Waals surface area (Å²) in [5.41, 5.74) is 1.43. The summed E-state index contributed by atoms with van der Waals surface area (Å²) in [7, 11) is 6.29. The lowest BCUT2D eigenvalue weighted by atomic mass is 10.1. The van der Waals surface area contributed by atoms with Gasteiger partial charge in [0.15, 0.2) is 11.5 Å². The Morgan fingerprint density at radius 2 is 1.59 bits per heavy atom. The summed E-state index contributed by atoms with van der Waals surface area (Å²) in [6, 6.07) is 14.7. The highest BCUT2D eigenvalue weighted by Crippen LogP contribution is 2.28. The average molecular weight is 555 g/mol. The zero-order valence-electron chi connectivity index (χ0n) is 23.6. The maximum Gasteiger partial charge on any atom is 0.254 e. The molecule has 0 fully saturated rings. The van der Waals surface area contributed by atoms with Crippen LogP contribution in [0.5, 0.6) is 23.0 Å². The number of rotatable bonds is 14. The van der Waals surface area contributed by atoms with Gasteiger partial charge in [0.1, 0.15) is 18.0 Å². The molecule has 2 amide bonds. The molecule has 0 aliphatic rings. The maximum absolute atomic E-state index is 13.8. The molecule has 8 nitrogen and oxygen atoms in total. The summed E-state index contributed by atoms with van der Waals surface area (Å²) < 4.78 is 21.5. The fourth-order valence-corrected chi connectivity index (χ4v) is 4.89. The van der Waals surface area contributed by atoms with Crippen LogP contribution in [0.2, 0.25) is 0 Å². The van der Waals surface area contributed by atoms with Crippen molar-refractivity contribution < 1.29 is 28.5 Å². The second-order valence-electron chi connectivity index (χ2n) is 9.13. The van der Waals surface area contributed by atoms with Gasteiger partial charge in [0.2, 0.25) is 5.91 Å². The highest BCUT2D eigenvalue weighted by atomic mass is 32.1. The van der Waals surface area contributed by atoms with E-state index < -0.39 is 0 Å². The minimum atomic E-state index is -0.245. The number of carbonyl (C=O) groups excluding carboxylic acids is 2. The molecule has 1 heterocycles. The normalized spacial score (nSPS) is 11.4. The van der Waals surface area contributed by atoms with E-state index in [2.05, 4.69) is 0 Å². The Morgan fingerprint density at radius 1 is 0.897 bits per heavy atom. The van der Waals surface area contributed by atoms with Crippen molar-refractivity contribution in [1.29, 1.82) is 0 Å². The fraction of sp³-hybridized carbons (Fsp3) is 0.400. The Morgan fingerprint density at radius 3 is 2.15 bits per heavy atom. The van der Waals surface area contributed by atoms with Crippen molar-refractivity contribution >= 4 is 23.2 Å². The number of amides is 2. The molecule has 1 aromatic heterocycles. The number of thiophene rings is 1. The van der Waals surface area contributed by atoms with Crippen LogP contribution in [0, 0.1) is 0 Å². The van der Waals surface area contributed by atoms with Gasteiger partial charge in [-0.15, -0.1) is 11.3 Å². The Labute approximate surface area is 235 Å².